The molecule has 1 heterocycles. The fourth-order valence-electron chi connectivity index (χ4n) is 2.31. The molecule has 0 aliphatic heterocycles. The maximum absolute atomic E-state index is 11.9. The predicted octanol–water partition coefficient (Wildman–Crippen LogP) is 4.72. The third-order valence-electron chi connectivity index (χ3n) is 3.50. The van der Waals surface area contributed by atoms with E-state index >= 15 is 0 Å². The summed E-state index contributed by atoms with van der Waals surface area (Å²) in [4.78, 5) is 11.9. The third kappa shape index (κ3) is 3.82. The topological polar surface area (TPSA) is 42.2 Å². The van der Waals surface area contributed by atoms with Gasteiger partial charge in [-0.05, 0) is 42.8 Å². The monoisotopic (exact) mass is 325 g/mol. The lowest BCUT2D eigenvalue weighted by molar-refractivity contribution is -0.116. The first-order valence-corrected chi connectivity index (χ1v) is 7.69. The van der Waals surface area contributed by atoms with Crippen LogP contribution in [0.1, 0.15) is 16.9 Å². The van der Waals surface area contributed by atoms with Crippen LogP contribution in [-0.2, 0) is 11.3 Å². The summed E-state index contributed by atoms with van der Waals surface area (Å²) in [6, 6.07) is 15.3. The molecule has 0 spiro atoms. The molecule has 0 aliphatic carbocycles. The quantitative estimate of drug-likeness (QED) is 0.705. The number of hydrogen-bond acceptors (Lipinski definition) is 2. The molecule has 0 saturated carbocycles. The number of nitrogens with one attached hydrogen (secondary N) is 1. The highest BCUT2D eigenvalue weighted by Crippen LogP contribution is 2.21. The predicted molar refractivity (Wildman–Crippen MR) is 93.3 cm³/mol. The van der Waals surface area contributed by atoms with Gasteiger partial charge in [-0.15, -0.1) is 0 Å². The van der Waals surface area contributed by atoms with Gasteiger partial charge in [0.25, 0.3) is 0 Å². The highest BCUT2D eigenvalue weighted by molar-refractivity contribution is 6.31. The molecule has 3 rings (SSSR count). The average molecular weight is 326 g/mol. The number of furan rings is 1. The van der Waals surface area contributed by atoms with Gasteiger partial charge < -0.3 is 9.73 Å². The number of carbonyl (C=O) groups is 1. The van der Waals surface area contributed by atoms with E-state index in [1.54, 1.807) is 12.1 Å². The number of carbonyl (C=O) groups excluding carboxylic acids is 1. The van der Waals surface area contributed by atoms with Gasteiger partial charge in [-0.2, -0.15) is 0 Å². The number of hydrogen-bond donors (Lipinski definition) is 1. The summed E-state index contributed by atoms with van der Waals surface area (Å²) in [5.41, 5.74) is 2.87. The number of halogens is 1. The van der Waals surface area contributed by atoms with Crippen LogP contribution >= 0.6 is 11.6 Å². The Bertz CT molecular complexity index is 880. The lowest BCUT2D eigenvalue weighted by atomic mass is 10.2. The Balaban J connectivity index is 1.64. The second-order valence-electron chi connectivity index (χ2n) is 5.33. The molecule has 0 radical (unpaired) electrons. The summed E-state index contributed by atoms with van der Waals surface area (Å²) in [6.45, 7) is 2.42. The maximum Gasteiger partial charge on any atom is 0.244 e. The Labute approximate surface area is 139 Å². The van der Waals surface area contributed by atoms with Crippen molar-refractivity contribution in [2.45, 2.75) is 13.5 Å². The van der Waals surface area contributed by atoms with E-state index in [1.165, 1.54) is 11.6 Å². The Morgan fingerprint density at radius 1 is 1.22 bits per heavy atom. The summed E-state index contributed by atoms with van der Waals surface area (Å²) >= 11 is 6.05. The van der Waals surface area contributed by atoms with Crippen LogP contribution in [0, 0.1) is 6.92 Å². The number of benzene rings is 2. The summed E-state index contributed by atoms with van der Waals surface area (Å²) in [5.74, 6) is 0.458. The zero-order valence-electron chi connectivity index (χ0n) is 12.7. The van der Waals surface area contributed by atoms with E-state index < -0.39 is 0 Å². The molecule has 116 valence electrons. The van der Waals surface area contributed by atoms with Crippen LogP contribution in [0.3, 0.4) is 0 Å². The minimum absolute atomic E-state index is 0.193. The molecule has 0 unspecified atom stereocenters. The molecule has 3 nitrogen and oxygen atoms in total. The molecule has 1 amide bonds. The number of fused-ring (bicyclic) bond motifs is 1. The van der Waals surface area contributed by atoms with E-state index in [2.05, 4.69) is 5.32 Å². The fourth-order valence-corrected chi connectivity index (χ4v) is 2.51. The van der Waals surface area contributed by atoms with Gasteiger partial charge in [0.15, 0.2) is 0 Å². The first-order chi connectivity index (χ1) is 11.1. The van der Waals surface area contributed by atoms with Crippen molar-refractivity contribution in [1.82, 2.24) is 5.32 Å². The molecule has 0 fully saturated rings. The molecule has 1 N–H and O–H groups in total. The average Bonchev–Trinajstić information content (AvgIpc) is 2.94. The van der Waals surface area contributed by atoms with Crippen LogP contribution in [0.15, 0.2) is 59.0 Å². The molecule has 23 heavy (non-hydrogen) atoms. The van der Waals surface area contributed by atoms with Crippen LogP contribution in [-0.4, -0.2) is 5.91 Å². The van der Waals surface area contributed by atoms with Crippen molar-refractivity contribution in [2.24, 2.45) is 0 Å². The van der Waals surface area contributed by atoms with Crippen LogP contribution in [0.2, 0.25) is 5.02 Å². The second-order valence-corrected chi connectivity index (χ2v) is 5.74. The Hall–Kier alpha value is -2.52. The van der Waals surface area contributed by atoms with Gasteiger partial charge in [0.2, 0.25) is 5.91 Å². The van der Waals surface area contributed by atoms with Crippen LogP contribution < -0.4 is 5.32 Å². The summed E-state index contributed by atoms with van der Waals surface area (Å²) in [6.07, 6.45) is 3.12. The standard InChI is InChI=1S/C19H16ClNO2/c1-13-6-8-18-15(10-13)11-16(23-18)7-9-19(22)21-12-14-4-2-3-5-17(14)20/h2-11H,12H2,1H3,(H,21,22). The Kier molecular flexibility index (Phi) is 4.49. The van der Waals surface area contributed by atoms with Crippen molar-refractivity contribution < 1.29 is 9.21 Å². The van der Waals surface area contributed by atoms with Gasteiger partial charge in [0, 0.05) is 23.0 Å². The number of rotatable bonds is 4. The van der Waals surface area contributed by atoms with E-state index in [-0.39, 0.29) is 5.91 Å². The second kappa shape index (κ2) is 6.71. The first-order valence-electron chi connectivity index (χ1n) is 7.31. The molecule has 0 saturated heterocycles. The molecular formula is C19H16ClNO2. The molecule has 4 heteroatoms. The van der Waals surface area contributed by atoms with Gasteiger partial charge in [-0.3, -0.25) is 4.79 Å². The molecule has 0 bridgehead atoms. The Morgan fingerprint density at radius 3 is 2.87 bits per heavy atom. The van der Waals surface area contributed by atoms with Gasteiger partial charge in [0.1, 0.15) is 11.3 Å². The van der Waals surface area contributed by atoms with Crippen LogP contribution in [0.25, 0.3) is 17.0 Å². The number of aryl methyl sites for hydroxylation is 1. The highest BCUT2D eigenvalue weighted by atomic mass is 35.5. The summed E-state index contributed by atoms with van der Waals surface area (Å²) in [7, 11) is 0. The van der Waals surface area contributed by atoms with E-state index in [0.717, 1.165) is 16.5 Å². The van der Waals surface area contributed by atoms with E-state index in [1.807, 2.05) is 49.4 Å². The fraction of sp³-hybridized carbons (Fsp3) is 0.105. The van der Waals surface area contributed by atoms with E-state index in [0.29, 0.717) is 17.3 Å². The van der Waals surface area contributed by atoms with Crippen LogP contribution in [0.5, 0.6) is 0 Å². The molecule has 2 aromatic carbocycles. The van der Waals surface area contributed by atoms with Crippen molar-refractivity contribution in [3.05, 3.63) is 76.5 Å². The molecule has 3 aromatic rings. The van der Waals surface area contributed by atoms with E-state index in [4.69, 9.17) is 16.0 Å². The minimum atomic E-state index is -0.193. The lowest BCUT2D eigenvalue weighted by Gasteiger charge is -2.04. The van der Waals surface area contributed by atoms with E-state index in [9.17, 15) is 4.79 Å². The van der Waals surface area contributed by atoms with Crippen molar-refractivity contribution in [3.63, 3.8) is 0 Å². The minimum Gasteiger partial charge on any atom is -0.457 e. The maximum atomic E-state index is 11.9. The van der Waals surface area contributed by atoms with Crippen molar-refractivity contribution in [3.8, 4) is 0 Å². The van der Waals surface area contributed by atoms with Gasteiger partial charge >= 0.3 is 0 Å². The van der Waals surface area contributed by atoms with Crippen molar-refractivity contribution in [2.75, 3.05) is 0 Å². The normalized spacial score (nSPS) is 11.2. The smallest absolute Gasteiger partial charge is 0.244 e. The van der Waals surface area contributed by atoms with Crippen LogP contribution in [0.4, 0.5) is 0 Å². The highest BCUT2D eigenvalue weighted by Gasteiger charge is 2.03. The SMILES string of the molecule is Cc1ccc2oc(C=CC(=O)NCc3ccccc3Cl)cc2c1. The van der Waals surface area contributed by atoms with Crippen molar-refractivity contribution in [1.29, 1.82) is 0 Å². The largest absolute Gasteiger partial charge is 0.457 e. The zero-order chi connectivity index (χ0) is 16.2. The molecule has 0 aliphatic rings. The zero-order valence-corrected chi connectivity index (χ0v) is 13.4. The molecular weight excluding hydrogens is 310 g/mol. The Morgan fingerprint density at radius 2 is 2.04 bits per heavy atom. The van der Waals surface area contributed by atoms with Gasteiger partial charge in [-0.1, -0.05) is 41.4 Å². The van der Waals surface area contributed by atoms with Gasteiger partial charge in [0.05, 0.1) is 0 Å². The third-order valence-corrected chi connectivity index (χ3v) is 3.87. The van der Waals surface area contributed by atoms with Gasteiger partial charge in [-0.25, -0.2) is 0 Å². The summed E-state index contributed by atoms with van der Waals surface area (Å²) < 4.78 is 5.67. The molecule has 0 atom stereocenters. The lowest BCUT2D eigenvalue weighted by Crippen LogP contribution is -2.20. The molecule has 1 aromatic heterocycles. The number of amides is 1. The van der Waals surface area contributed by atoms with Crippen molar-refractivity contribution >= 4 is 34.6 Å². The summed E-state index contributed by atoms with van der Waals surface area (Å²) in [5, 5.41) is 4.47. The first kappa shape index (κ1) is 15.4.